The van der Waals surface area contributed by atoms with Crippen molar-refractivity contribution in [3.8, 4) is 0 Å². The number of hydrogen-bond donors (Lipinski definition) is 3. The Morgan fingerprint density at radius 2 is 1.95 bits per heavy atom. The van der Waals surface area contributed by atoms with Gasteiger partial charge in [0.1, 0.15) is 12.2 Å². The number of aromatic amines is 1. The van der Waals surface area contributed by atoms with E-state index in [2.05, 4.69) is 25.2 Å². The van der Waals surface area contributed by atoms with Crippen molar-refractivity contribution >= 4 is 15.7 Å². The molecule has 102 valence electrons. The van der Waals surface area contributed by atoms with Gasteiger partial charge in [-0.1, -0.05) is 0 Å². The molecule has 2 aromatic rings. The predicted molar refractivity (Wildman–Crippen MR) is 71.1 cm³/mol. The summed E-state index contributed by atoms with van der Waals surface area (Å²) >= 11 is 0. The summed E-state index contributed by atoms with van der Waals surface area (Å²) in [6.45, 7) is 1.69. The van der Waals surface area contributed by atoms with E-state index in [1.54, 1.807) is 38.2 Å². The van der Waals surface area contributed by atoms with E-state index in [4.69, 9.17) is 0 Å². The van der Waals surface area contributed by atoms with Crippen LogP contribution >= 0.6 is 0 Å². The van der Waals surface area contributed by atoms with E-state index in [1.165, 1.54) is 6.33 Å². The Labute approximate surface area is 111 Å². The highest BCUT2D eigenvalue weighted by molar-refractivity contribution is 7.89. The van der Waals surface area contributed by atoms with Crippen LogP contribution in [0.3, 0.4) is 0 Å². The number of sulfonamides is 1. The zero-order chi connectivity index (χ0) is 13.9. The van der Waals surface area contributed by atoms with Crippen molar-refractivity contribution in [3.63, 3.8) is 0 Å². The molecule has 1 aromatic heterocycles. The predicted octanol–water partition coefficient (Wildman–Crippen LogP) is 0.886. The van der Waals surface area contributed by atoms with Gasteiger partial charge in [0, 0.05) is 12.7 Å². The number of nitrogens with zero attached hydrogens (tertiary/aromatic N) is 2. The minimum Gasteiger partial charge on any atom is -0.388 e. The van der Waals surface area contributed by atoms with E-state index in [1.807, 2.05) is 0 Å². The van der Waals surface area contributed by atoms with Crippen molar-refractivity contribution in [2.45, 2.75) is 17.9 Å². The fraction of sp³-hybridized carbons (Fsp3) is 0.273. The number of hydrogen-bond acceptors (Lipinski definition) is 5. The number of benzene rings is 1. The summed E-state index contributed by atoms with van der Waals surface area (Å²) in [4.78, 5) is 4.12. The topological polar surface area (TPSA) is 99.8 Å². The fourth-order valence-corrected chi connectivity index (χ4v) is 2.79. The fourth-order valence-electron chi connectivity index (χ4n) is 1.58. The van der Waals surface area contributed by atoms with Gasteiger partial charge in [0.05, 0.1) is 10.9 Å². The molecule has 0 saturated heterocycles. The van der Waals surface area contributed by atoms with Gasteiger partial charge >= 0.3 is 0 Å². The minimum atomic E-state index is -3.58. The van der Waals surface area contributed by atoms with Gasteiger partial charge in [0.2, 0.25) is 10.0 Å². The molecule has 8 heteroatoms. The summed E-state index contributed by atoms with van der Waals surface area (Å²) in [6, 6.07) is 6.01. The van der Waals surface area contributed by atoms with E-state index in [0.717, 1.165) is 5.69 Å². The number of rotatable bonds is 5. The van der Waals surface area contributed by atoms with E-state index in [0.29, 0.717) is 5.82 Å². The van der Waals surface area contributed by atoms with Crippen LogP contribution in [0.25, 0.3) is 0 Å². The van der Waals surface area contributed by atoms with E-state index < -0.39 is 16.1 Å². The summed E-state index contributed by atoms with van der Waals surface area (Å²) in [5.74, 6) is 0.468. The van der Waals surface area contributed by atoms with Crippen LogP contribution in [0.2, 0.25) is 0 Å². The standard InChI is InChI=1S/C11H15N5O2S/c1-8(11-13-7-14-15-11)16-19(17,18)10-5-3-9(12-2)4-6-10/h3-8,12,16H,1-2H3,(H,13,14,15). The molecule has 0 bridgehead atoms. The van der Waals surface area contributed by atoms with Gasteiger partial charge < -0.3 is 5.32 Å². The summed E-state index contributed by atoms with van der Waals surface area (Å²) in [5.41, 5.74) is 0.849. The Hall–Kier alpha value is -1.93. The first kappa shape index (κ1) is 13.5. The van der Waals surface area contributed by atoms with Crippen LogP contribution in [0.15, 0.2) is 35.5 Å². The maximum absolute atomic E-state index is 12.1. The highest BCUT2D eigenvalue weighted by Crippen LogP contribution is 2.16. The molecule has 19 heavy (non-hydrogen) atoms. The summed E-state index contributed by atoms with van der Waals surface area (Å²) in [6.07, 6.45) is 1.34. The van der Waals surface area contributed by atoms with Crippen molar-refractivity contribution < 1.29 is 8.42 Å². The first-order chi connectivity index (χ1) is 9.03. The second kappa shape index (κ2) is 5.37. The Kier molecular flexibility index (Phi) is 3.82. The summed E-state index contributed by atoms with van der Waals surface area (Å²) < 4.78 is 26.8. The smallest absolute Gasteiger partial charge is 0.241 e. The number of aromatic nitrogens is 3. The highest BCUT2D eigenvalue weighted by atomic mass is 32.2. The molecule has 1 heterocycles. The molecule has 2 rings (SSSR count). The second-order valence-electron chi connectivity index (χ2n) is 3.99. The van der Waals surface area contributed by atoms with Crippen molar-refractivity contribution in [2.75, 3.05) is 12.4 Å². The molecule has 0 aliphatic carbocycles. The molecular formula is C11H15N5O2S. The van der Waals surface area contributed by atoms with Crippen LogP contribution in [0.4, 0.5) is 5.69 Å². The Morgan fingerprint density at radius 3 is 2.47 bits per heavy atom. The maximum atomic E-state index is 12.1. The average molecular weight is 281 g/mol. The lowest BCUT2D eigenvalue weighted by molar-refractivity contribution is 0.560. The molecule has 1 unspecified atom stereocenters. The lowest BCUT2D eigenvalue weighted by Crippen LogP contribution is -2.27. The molecule has 0 aliphatic heterocycles. The Balaban J connectivity index is 2.17. The third-order valence-electron chi connectivity index (χ3n) is 2.63. The van der Waals surface area contributed by atoms with Crippen LogP contribution in [-0.2, 0) is 10.0 Å². The minimum absolute atomic E-state index is 0.206. The summed E-state index contributed by atoms with van der Waals surface area (Å²) in [5, 5.41) is 9.25. The lowest BCUT2D eigenvalue weighted by atomic mass is 10.3. The molecule has 0 spiro atoms. The first-order valence-electron chi connectivity index (χ1n) is 5.68. The Bertz CT molecular complexity index is 622. The van der Waals surface area contributed by atoms with Crippen LogP contribution in [0.5, 0.6) is 0 Å². The van der Waals surface area contributed by atoms with E-state index in [-0.39, 0.29) is 4.90 Å². The van der Waals surface area contributed by atoms with Gasteiger partial charge in [-0.25, -0.2) is 18.1 Å². The molecule has 0 radical (unpaired) electrons. The third kappa shape index (κ3) is 3.09. The van der Waals surface area contributed by atoms with Crippen LogP contribution in [-0.4, -0.2) is 30.6 Å². The highest BCUT2D eigenvalue weighted by Gasteiger charge is 2.19. The van der Waals surface area contributed by atoms with Gasteiger partial charge in [-0.3, -0.25) is 5.10 Å². The zero-order valence-corrected chi connectivity index (χ0v) is 11.4. The molecular weight excluding hydrogens is 266 g/mol. The normalized spacial score (nSPS) is 13.2. The van der Waals surface area contributed by atoms with E-state index in [9.17, 15) is 8.42 Å². The van der Waals surface area contributed by atoms with Crippen LogP contribution in [0, 0.1) is 0 Å². The number of H-pyrrole nitrogens is 1. The molecule has 3 N–H and O–H groups in total. The lowest BCUT2D eigenvalue weighted by Gasteiger charge is -2.12. The van der Waals surface area contributed by atoms with Crippen molar-refractivity contribution in [1.82, 2.24) is 19.9 Å². The maximum Gasteiger partial charge on any atom is 0.241 e. The molecule has 1 atom stereocenters. The van der Waals surface area contributed by atoms with Gasteiger partial charge in [0.25, 0.3) is 0 Å². The second-order valence-corrected chi connectivity index (χ2v) is 5.70. The average Bonchev–Trinajstić information content (AvgIpc) is 2.92. The molecule has 0 amide bonds. The van der Waals surface area contributed by atoms with Crippen molar-refractivity contribution in [1.29, 1.82) is 0 Å². The van der Waals surface area contributed by atoms with Crippen molar-refractivity contribution in [2.24, 2.45) is 0 Å². The van der Waals surface area contributed by atoms with Gasteiger partial charge in [-0.2, -0.15) is 5.10 Å². The third-order valence-corrected chi connectivity index (χ3v) is 4.19. The molecule has 0 aliphatic rings. The zero-order valence-electron chi connectivity index (χ0n) is 10.6. The molecule has 0 saturated carbocycles. The van der Waals surface area contributed by atoms with Crippen molar-refractivity contribution in [3.05, 3.63) is 36.4 Å². The number of anilines is 1. The van der Waals surface area contributed by atoms with E-state index >= 15 is 0 Å². The quantitative estimate of drug-likeness (QED) is 0.755. The van der Waals surface area contributed by atoms with Crippen LogP contribution < -0.4 is 10.0 Å². The summed E-state index contributed by atoms with van der Waals surface area (Å²) in [7, 11) is -1.80. The van der Waals surface area contributed by atoms with Gasteiger partial charge in [-0.15, -0.1) is 0 Å². The number of nitrogens with one attached hydrogen (secondary N) is 3. The largest absolute Gasteiger partial charge is 0.388 e. The molecule has 1 aromatic carbocycles. The Morgan fingerprint density at radius 1 is 1.26 bits per heavy atom. The van der Waals surface area contributed by atoms with Gasteiger partial charge in [0.15, 0.2) is 0 Å². The molecule has 7 nitrogen and oxygen atoms in total. The first-order valence-corrected chi connectivity index (χ1v) is 7.16. The van der Waals surface area contributed by atoms with Crippen LogP contribution in [0.1, 0.15) is 18.8 Å². The SMILES string of the molecule is CNc1ccc(S(=O)(=O)NC(C)c2ncn[nH]2)cc1. The molecule has 0 fully saturated rings. The monoisotopic (exact) mass is 281 g/mol. The van der Waals surface area contributed by atoms with Gasteiger partial charge in [-0.05, 0) is 31.2 Å².